The van der Waals surface area contributed by atoms with Gasteiger partial charge in [-0.2, -0.15) is 9.78 Å². The highest BCUT2D eigenvalue weighted by Crippen LogP contribution is 2.28. The number of benzene rings is 1. The summed E-state index contributed by atoms with van der Waals surface area (Å²) in [5.74, 6) is -0.0510. The maximum absolute atomic E-state index is 12.8. The van der Waals surface area contributed by atoms with Crippen LogP contribution >= 0.6 is 23.2 Å². The lowest BCUT2D eigenvalue weighted by molar-refractivity contribution is -0.125. The van der Waals surface area contributed by atoms with Crippen LogP contribution in [-0.4, -0.2) is 35.3 Å². The molecule has 29 heavy (non-hydrogen) atoms. The molecule has 0 bridgehead atoms. The largest absolute Gasteiger partial charge is 0.368 e. The van der Waals surface area contributed by atoms with Gasteiger partial charge in [-0.15, -0.1) is 0 Å². The highest BCUT2D eigenvalue weighted by molar-refractivity contribution is 6.33. The molecular formula is C21H26Cl2N4O2. The van der Waals surface area contributed by atoms with Gasteiger partial charge in [-0.1, -0.05) is 42.6 Å². The van der Waals surface area contributed by atoms with Crippen molar-refractivity contribution in [2.75, 3.05) is 24.5 Å². The van der Waals surface area contributed by atoms with Crippen LogP contribution in [0.15, 0.2) is 29.2 Å². The number of unbranched alkanes of at least 4 members (excludes halogenated alkanes) is 1. The van der Waals surface area contributed by atoms with E-state index in [-0.39, 0.29) is 16.8 Å². The zero-order valence-corrected chi connectivity index (χ0v) is 18.3. The molecule has 6 nitrogen and oxygen atoms in total. The van der Waals surface area contributed by atoms with Crippen molar-refractivity contribution in [3.63, 3.8) is 0 Å². The van der Waals surface area contributed by atoms with Gasteiger partial charge >= 0.3 is 0 Å². The molecule has 1 aliphatic rings. The third kappa shape index (κ3) is 4.93. The van der Waals surface area contributed by atoms with E-state index in [0.29, 0.717) is 29.5 Å². The quantitative estimate of drug-likeness (QED) is 0.695. The fourth-order valence-corrected chi connectivity index (χ4v) is 3.91. The van der Waals surface area contributed by atoms with Crippen LogP contribution in [0.5, 0.6) is 0 Å². The van der Waals surface area contributed by atoms with Gasteiger partial charge in [0.25, 0.3) is 5.56 Å². The lowest BCUT2D eigenvalue weighted by Gasteiger charge is -2.33. The van der Waals surface area contributed by atoms with Gasteiger partial charge in [0.15, 0.2) is 0 Å². The average molecular weight is 437 g/mol. The second-order valence-electron chi connectivity index (χ2n) is 7.42. The van der Waals surface area contributed by atoms with Gasteiger partial charge in [-0.25, -0.2) is 0 Å². The zero-order valence-electron chi connectivity index (χ0n) is 16.8. The smallest absolute Gasteiger partial charge is 0.292 e. The van der Waals surface area contributed by atoms with Gasteiger partial charge in [0.1, 0.15) is 5.02 Å². The van der Waals surface area contributed by atoms with E-state index >= 15 is 0 Å². The second-order valence-corrected chi connectivity index (χ2v) is 8.21. The number of halogens is 2. The summed E-state index contributed by atoms with van der Waals surface area (Å²) in [6.45, 7) is 5.95. The number of aromatic nitrogens is 2. The summed E-state index contributed by atoms with van der Waals surface area (Å²) in [6.07, 6.45) is 5.30. The Bertz CT molecular complexity index is 945. The highest BCUT2D eigenvalue weighted by Gasteiger charge is 2.27. The summed E-state index contributed by atoms with van der Waals surface area (Å²) >= 11 is 12.6. The molecule has 2 heterocycles. The van der Waals surface area contributed by atoms with E-state index in [1.165, 1.54) is 4.68 Å². The summed E-state index contributed by atoms with van der Waals surface area (Å²) in [6, 6.07) is 5.31. The molecule has 1 atom stereocenters. The second kappa shape index (κ2) is 9.63. The number of nitrogens with one attached hydrogen (secondary N) is 1. The van der Waals surface area contributed by atoms with Crippen molar-refractivity contribution in [2.45, 2.75) is 39.5 Å². The number of hydrogen-bond acceptors (Lipinski definition) is 4. The number of carbonyl (C=O) groups is 1. The predicted molar refractivity (Wildman–Crippen MR) is 117 cm³/mol. The first-order valence-electron chi connectivity index (χ1n) is 9.99. The van der Waals surface area contributed by atoms with Gasteiger partial charge in [0.2, 0.25) is 5.91 Å². The molecule has 1 aliphatic heterocycles. The third-order valence-corrected chi connectivity index (χ3v) is 6.03. The molecule has 1 unspecified atom stereocenters. The molecule has 0 radical (unpaired) electrons. The molecule has 0 spiro atoms. The van der Waals surface area contributed by atoms with Crippen LogP contribution in [0.1, 0.15) is 38.2 Å². The Morgan fingerprint density at radius 3 is 2.86 bits per heavy atom. The average Bonchev–Trinajstić information content (AvgIpc) is 2.72. The van der Waals surface area contributed by atoms with Crippen molar-refractivity contribution < 1.29 is 4.79 Å². The van der Waals surface area contributed by atoms with Gasteiger partial charge in [-0.3, -0.25) is 9.59 Å². The normalized spacial score (nSPS) is 16.7. The lowest BCUT2D eigenvalue weighted by atomic mass is 9.96. The van der Waals surface area contributed by atoms with Crippen LogP contribution in [0.25, 0.3) is 5.69 Å². The Hall–Kier alpha value is -2.05. The molecule has 1 aromatic heterocycles. The Labute approximate surface area is 180 Å². The molecule has 1 N–H and O–H groups in total. The lowest BCUT2D eigenvalue weighted by Crippen LogP contribution is -2.44. The van der Waals surface area contributed by atoms with E-state index in [4.69, 9.17) is 23.2 Å². The molecule has 8 heteroatoms. The predicted octanol–water partition coefficient (Wildman–Crippen LogP) is 3.98. The minimum Gasteiger partial charge on any atom is -0.368 e. The summed E-state index contributed by atoms with van der Waals surface area (Å²) in [7, 11) is 0. The van der Waals surface area contributed by atoms with Gasteiger partial charge in [0, 0.05) is 24.7 Å². The monoisotopic (exact) mass is 436 g/mol. The van der Waals surface area contributed by atoms with Crippen molar-refractivity contribution in [1.82, 2.24) is 15.1 Å². The van der Waals surface area contributed by atoms with E-state index in [1.54, 1.807) is 18.3 Å². The Morgan fingerprint density at radius 1 is 1.34 bits per heavy atom. The van der Waals surface area contributed by atoms with E-state index in [9.17, 15) is 9.59 Å². The van der Waals surface area contributed by atoms with Gasteiger partial charge in [0.05, 0.1) is 23.5 Å². The highest BCUT2D eigenvalue weighted by atomic mass is 35.5. The molecule has 1 saturated heterocycles. The van der Waals surface area contributed by atoms with E-state index < -0.39 is 5.56 Å². The standard InChI is InChI=1S/C21H26Cl2N4O2/c1-3-4-9-24-20(28)15-6-5-10-26(13-15)18-12-25-27(21(29)19(18)23)16-8-7-14(2)17(22)11-16/h7-8,11-12,15H,3-6,9-10,13H2,1-2H3,(H,24,28). The van der Waals surface area contributed by atoms with E-state index in [0.717, 1.165) is 37.8 Å². The molecule has 1 aromatic carbocycles. The SMILES string of the molecule is CCCCNC(=O)C1CCCN(c2cnn(-c3ccc(C)c(Cl)c3)c(=O)c2Cl)C1. The molecule has 1 fully saturated rings. The first-order valence-corrected chi connectivity index (χ1v) is 10.7. The van der Waals surface area contributed by atoms with Crippen LogP contribution in [0.3, 0.4) is 0 Å². The van der Waals surface area contributed by atoms with Gasteiger partial charge in [-0.05, 0) is 43.9 Å². The maximum atomic E-state index is 12.8. The number of aryl methyl sites for hydroxylation is 1. The van der Waals surface area contributed by atoms with E-state index in [1.807, 2.05) is 17.9 Å². The fraction of sp³-hybridized carbons (Fsp3) is 0.476. The van der Waals surface area contributed by atoms with Crippen LogP contribution in [-0.2, 0) is 4.79 Å². The third-order valence-electron chi connectivity index (χ3n) is 5.26. The van der Waals surface area contributed by atoms with Crippen molar-refractivity contribution >= 4 is 34.8 Å². The first kappa shape index (κ1) is 21.7. The summed E-state index contributed by atoms with van der Waals surface area (Å²) < 4.78 is 1.25. The first-order chi connectivity index (χ1) is 13.9. The number of amides is 1. The number of hydrogen-bond donors (Lipinski definition) is 1. The van der Waals surface area contributed by atoms with Crippen LogP contribution in [0.2, 0.25) is 10.0 Å². The topological polar surface area (TPSA) is 67.2 Å². The number of anilines is 1. The minimum absolute atomic E-state index is 0.0647. The fourth-order valence-electron chi connectivity index (χ4n) is 3.48. The van der Waals surface area contributed by atoms with Crippen molar-refractivity contribution in [2.24, 2.45) is 5.92 Å². The number of carbonyl (C=O) groups excluding carboxylic acids is 1. The van der Waals surface area contributed by atoms with Crippen LogP contribution in [0.4, 0.5) is 5.69 Å². The number of nitrogens with zero attached hydrogens (tertiary/aromatic N) is 3. The number of rotatable bonds is 6. The molecule has 156 valence electrons. The number of piperidine rings is 1. The molecule has 0 aliphatic carbocycles. The molecule has 2 aromatic rings. The van der Waals surface area contributed by atoms with Crippen LogP contribution in [0, 0.1) is 12.8 Å². The molecule has 3 rings (SSSR count). The minimum atomic E-state index is -0.404. The molecule has 1 amide bonds. The van der Waals surface area contributed by atoms with Gasteiger partial charge < -0.3 is 10.2 Å². The summed E-state index contributed by atoms with van der Waals surface area (Å²) in [5.41, 5.74) is 1.64. The Kier molecular flexibility index (Phi) is 7.19. The Morgan fingerprint density at radius 2 is 2.14 bits per heavy atom. The van der Waals surface area contributed by atoms with Crippen LogP contribution < -0.4 is 15.8 Å². The molecular weight excluding hydrogens is 411 g/mol. The molecule has 0 saturated carbocycles. The summed E-state index contributed by atoms with van der Waals surface area (Å²) in [4.78, 5) is 27.3. The summed E-state index contributed by atoms with van der Waals surface area (Å²) in [5, 5.41) is 7.96. The van der Waals surface area contributed by atoms with Crippen molar-refractivity contribution in [3.8, 4) is 5.69 Å². The van der Waals surface area contributed by atoms with Crippen molar-refractivity contribution in [3.05, 3.63) is 50.4 Å². The van der Waals surface area contributed by atoms with Crippen molar-refractivity contribution in [1.29, 1.82) is 0 Å². The Balaban J connectivity index is 1.80. The van der Waals surface area contributed by atoms with E-state index in [2.05, 4.69) is 17.3 Å². The maximum Gasteiger partial charge on any atom is 0.292 e. The zero-order chi connectivity index (χ0) is 21.0.